The lowest BCUT2D eigenvalue weighted by molar-refractivity contribution is -0.116. The van der Waals surface area contributed by atoms with Crippen molar-refractivity contribution in [2.24, 2.45) is 7.05 Å². The molecule has 74 valence electrons. The third kappa shape index (κ3) is 1.33. The first-order valence-electron chi connectivity index (χ1n) is 4.15. The SMILES string of the molecule is CC(=O)Cc1c2sscc-2n(C)c1=O. The number of ketones is 1. The van der Waals surface area contributed by atoms with Crippen molar-refractivity contribution in [2.75, 3.05) is 0 Å². The van der Waals surface area contributed by atoms with Crippen molar-refractivity contribution in [3.05, 3.63) is 21.3 Å². The average molecular weight is 227 g/mol. The largest absolute Gasteiger partial charge is 0.309 e. The van der Waals surface area contributed by atoms with E-state index in [1.807, 2.05) is 5.38 Å². The minimum Gasteiger partial charge on any atom is -0.309 e. The van der Waals surface area contributed by atoms with Gasteiger partial charge in [-0.05, 0) is 6.92 Å². The number of hydrogen-bond acceptors (Lipinski definition) is 4. The van der Waals surface area contributed by atoms with Crippen molar-refractivity contribution in [3.8, 4) is 10.6 Å². The summed E-state index contributed by atoms with van der Waals surface area (Å²) in [6, 6.07) is 0. The van der Waals surface area contributed by atoms with Gasteiger partial charge in [0, 0.05) is 24.4 Å². The third-order valence-corrected chi connectivity index (χ3v) is 4.26. The van der Waals surface area contributed by atoms with Crippen LogP contribution in [0, 0.1) is 0 Å². The highest BCUT2D eigenvalue weighted by Crippen LogP contribution is 2.34. The Hall–Kier alpha value is -0.940. The number of rotatable bonds is 2. The quantitative estimate of drug-likeness (QED) is 0.733. The van der Waals surface area contributed by atoms with Gasteiger partial charge in [0.25, 0.3) is 5.56 Å². The molecular weight excluding hydrogens is 218 g/mol. The van der Waals surface area contributed by atoms with Crippen LogP contribution < -0.4 is 5.56 Å². The van der Waals surface area contributed by atoms with E-state index in [0.717, 1.165) is 10.6 Å². The highest BCUT2D eigenvalue weighted by atomic mass is 32.9. The fourth-order valence-electron chi connectivity index (χ4n) is 1.46. The molecule has 0 aromatic heterocycles. The predicted molar refractivity (Wildman–Crippen MR) is 58.4 cm³/mol. The van der Waals surface area contributed by atoms with Crippen LogP contribution in [0.5, 0.6) is 0 Å². The molecule has 0 saturated carbocycles. The summed E-state index contributed by atoms with van der Waals surface area (Å²) < 4.78 is 1.61. The van der Waals surface area contributed by atoms with E-state index in [1.165, 1.54) is 6.92 Å². The molecule has 2 aliphatic rings. The van der Waals surface area contributed by atoms with Crippen LogP contribution in [0.3, 0.4) is 0 Å². The molecule has 2 rings (SSSR count). The van der Waals surface area contributed by atoms with Gasteiger partial charge in [0.05, 0.1) is 10.6 Å². The Balaban J connectivity index is 2.64. The van der Waals surface area contributed by atoms with Gasteiger partial charge in [0.1, 0.15) is 5.78 Å². The van der Waals surface area contributed by atoms with Crippen LogP contribution in [0.25, 0.3) is 10.6 Å². The molecule has 3 nitrogen and oxygen atoms in total. The van der Waals surface area contributed by atoms with Gasteiger partial charge in [0.15, 0.2) is 0 Å². The molecule has 0 atom stereocenters. The summed E-state index contributed by atoms with van der Waals surface area (Å²) >= 11 is 0. The summed E-state index contributed by atoms with van der Waals surface area (Å²) in [5, 5.41) is 1.95. The van der Waals surface area contributed by atoms with E-state index in [-0.39, 0.29) is 17.8 Å². The van der Waals surface area contributed by atoms with E-state index in [4.69, 9.17) is 0 Å². The lowest BCUT2D eigenvalue weighted by atomic mass is 10.1. The van der Waals surface area contributed by atoms with Crippen molar-refractivity contribution in [2.45, 2.75) is 13.3 Å². The Morgan fingerprint density at radius 2 is 2.29 bits per heavy atom. The van der Waals surface area contributed by atoms with Crippen molar-refractivity contribution >= 4 is 26.5 Å². The number of Topliss-reactive ketones (excluding diaryl/α,β-unsaturated/α-hetero) is 1. The summed E-state index contributed by atoms with van der Waals surface area (Å²) in [7, 11) is 4.90. The van der Waals surface area contributed by atoms with Crippen molar-refractivity contribution in [1.29, 1.82) is 0 Å². The van der Waals surface area contributed by atoms with Gasteiger partial charge in [-0.2, -0.15) is 0 Å². The first-order chi connectivity index (χ1) is 6.61. The second kappa shape index (κ2) is 3.33. The van der Waals surface area contributed by atoms with Crippen LogP contribution in [-0.4, -0.2) is 10.4 Å². The fraction of sp³-hybridized carbons (Fsp3) is 0.333. The topological polar surface area (TPSA) is 39.1 Å². The van der Waals surface area contributed by atoms with E-state index in [0.29, 0.717) is 5.56 Å². The number of nitrogens with zero attached hydrogens (tertiary/aromatic N) is 1. The Morgan fingerprint density at radius 1 is 1.57 bits per heavy atom. The van der Waals surface area contributed by atoms with E-state index >= 15 is 0 Å². The molecule has 0 aliphatic carbocycles. The maximum absolute atomic E-state index is 11.7. The smallest absolute Gasteiger partial charge is 0.255 e. The zero-order valence-corrected chi connectivity index (χ0v) is 9.50. The Kier molecular flexibility index (Phi) is 2.28. The third-order valence-electron chi connectivity index (χ3n) is 2.15. The molecule has 0 saturated heterocycles. The monoisotopic (exact) mass is 227 g/mol. The zero-order valence-electron chi connectivity index (χ0n) is 7.86. The number of fused-ring (bicyclic) bond motifs is 1. The molecule has 5 heteroatoms. The molecule has 2 aliphatic heterocycles. The molecule has 0 amide bonds. The minimum atomic E-state index is -0.0331. The molecular formula is C9H9NO2S2. The van der Waals surface area contributed by atoms with Gasteiger partial charge < -0.3 is 4.57 Å². The maximum Gasteiger partial charge on any atom is 0.255 e. The van der Waals surface area contributed by atoms with Gasteiger partial charge in [-0.25, -0.2) is 0 Å². The Labute approximate surface area is 88.3 Å². The van der Waals surface area contributed by atoms with Gasteiger partial charge in [-0.1, -0.05) is 20.7 Å². The van der Waals surface area contributed by atoms with Crippen molar-refractivity contribution in [3.63, 3.8) is 0 Å². The molecule has 14 heavy (non-hydrogen) atoms. The lowest BCUT2D eigenvalue weighted by Crippen LogP contribution is -2.15. The van der Waals surface area contributed by atoms with Crippen LogP contribution in [-0.2, 0) is 18.3 Å². The molecule has 0 aromatic carbocycles. The maximum atomic E-state index is 11.7. The summed E-state index contributed by atoms with van der Waals surface area (Å²) in [4.78, 5) is 23.7. The van der Waals surface area contributed by atoms with Gasteiger partial charge >= 0.3 is 0 Å². The van der Waals surface area contributed by atoms with E-state index < -0.39 is 0 Å². The normalized spacial score (nSPS) is 11.0. The summed E-state index contributed by atoms with van der Waals surface area (Å²) in [6.45, 7) is 1.51. The van der Waals surface area contributed by atoms with Crippen molar-refractivity contribution in [1.82, 2.24) is 4.57 Å². The van der Waals surface area contributed by atoms with E-state index in [2.05, 4.69) is 0 Å². The van der Waals surface area contributed by atoms with Gasteiger partial charge in [-0.15, -0.1) is 0 Å². The van der Waals surface area contributed by atoms with Crippen LogP contribution in [0.15, 0.2) is 10.2 Å². The summed E-state index contributed by atoms with van der Waals surface area (Å²) in [5.41, 5.74) is 1.57. The molecule has 0 radical (unpaired) electrons. The van der Waals surface area contributed by atoms with Gasteiger partial charge in [0.2, 0.25) is 0 Å². The molecule has 0 spiro atoms. The molecule has 2 heterocycles. The molecule has 0 N–H and O–H groups in total. The van der Waals surface area contributed by atoms with Crippen LogP contribution in [0.4, 0.5) is 0 Å². The standard InChI is InChI=1S/C9H9NO2S2/c1-5(11)3-6-8-7(4-13-14-8)10(2)9(6)12/h4H,3H2,1-2H3. The number of carbonyl (C=O) groups is 1. The second-order valence-electron chi connectivity index (χ2n) is 3.23. The minimum absolute atomic E-state index is 0.0331. The molecule has 0 fully saturated rings. The Bertz CT molecular complexity index is 506. The first kappa shape index (κ1) is 9.61. The van der Waals surface area contributed by atoms with Gasteiger partial charge in [-0.3, -0.25) is 9.59 Å². The second-order valence-corrected chi connectivity index (χ2v) is 5.31. The highest BCUT2D eigenvalue weighted by molar-refractivity contribution is 7.70. The molecule has 0 aromatic rings. The lowest BCUT2D eigenvalue weighted by Gasteiger charge is -1.91. The molecule has 0 bridgehead atoms. The number of carbonyl (C=O) groups excluding carboxylic acids is 1. The van der Waals surface area contributed by atoms with Crippen molar-refractivity contribution < 1.29 is 4.79 Å². The summed E-state index contributed by atoms with van der Waals surface area (Å²) in [5.74, 6) is 0.0352. The molecule has 0 unspecified atom stereocenters. The first-order valence-corrected chi connectivity index (χ1v) is 6.37. The summed E-state index contributed by atoms with van der Waals surface area (Å²) in [6.07, 6.45) is 0.253. The highest BCUT2D eigenvalue weighted by Gasteiger charge is 2.20. The number of hydrogen-bond donors (Lipinski definition) is 0. The van der Waals surface area contributed by atoms with Crippen LogP contribution in [0.1, 0.15) is 12.5 Å². The predicted octanol–water partition coefficient (Wildman–Crippen LogP) is 1.74. The van der Waals surface area contributed by atoms with E-state index in [1.54, 1.807) is 32.3 Å². The zero-order chi connectivity index (χ0) is 10.3. The number of aromatic nitrogens is 1. The average Bonchev–Trinajstić information content (AvgIpc) is 2.65. The van der Waals surface area contributed by atoms with Crippen LogP contribution >= 0.6 is 20.7 Å². The fourth-order valence-corrected chi connectivity index (χ4v) is 3.86. The van der Waals surface area contributed by atoms with E-state index in [9.17, 15) is 9.59 Å². The Morgan fingerprint density at radius 3 is 2.93 bits per heavy atom. The van der Waals surface area contributed by atoms with Crippen LogP contribution in [0.2, 0.25) is 0 Å².